The lowest BCUT2D eigenvalue weighted by molar-refractivity contribution is 0.385. The van der Waals surface area contributed by atoms with Gasteiger partial charge in [-0.05, 0) is 25.9 Å². The molecule has 0 aromatic heterocycles. The Bertz CT molecular complexity index is 511. The van der Waals surface area contributed by atoms with Crippen LogP contribution in [-0.4, -0.2) is 69.2 Å². The Balaban J connectivity index is 2.26. The first kappa shape index (κ1) is 15.6. The van der Waals surface area contributed by atoms with Crippen molar-refractivity contribution >= 4 is 31.6 Å². The third-order valence-electron chi connectivity index (χ3n) is 3.57. The van der Waals surface area contributed by atoms with E-state index in [1.54, 1.807) is 0 Å². The van der Waals surface area contributed by atoms with E-state index in [-0.39, 0.29) is 0 Å². The summed E-state index contributed by atoms with van der Waals surface area (Å²) in [6.07, 6.45) is 2.24. The van der Waals surface area contributed by atoms with E-state index in [2.05, 4.69) is 5.32 Å². The van der Waals surface area contributed by atoms with Crippen LogP contribution in [0, 0.1) is 0 Å². The summed E-state index contributed by atoms with van der Waals surface area (Å²) < 4.78 is 50.1. The summed E-state index contributed by atoms with van der Waals surface area (Å²) in [7, 11) is -6.90. The second-order valence-corrected chi connectivity index (χ2v) is 10.5. The van der Waals surface area contributed by atoms with Crippen molar-refractivity contribution in [2.45, 2.75) is 23.5 Å². The molecule has 2 aliphatic rings. The van der Waals surface area contributed by atoms with Crippen LogP contribution < -0.4 is 5.32 Å². The van der Waals surface area contributed by atoms with E-state index in [4.69, 9.17) is 0 Å². The molecule has 9 heteroatoms. The molecule has 2 heterocycles. The fourth-order valence-corrected chi connectivity index (χ4v) is 8.16. The zero-order valence-corrected chi connectivity index (χ0v) is 13.4. The predicted molar refractivity (Wildman–Crippen MR) is 77.5 cm³/mol. The van der Waals surface area contributed by atoms with Crippen molar-refractivity contribution < 1.29 is 16.8 Å². The van der Waals surface area contributed by atoms with Gasteiger partial charge < -0.3 is 5.32 Å². The highest BCUT2D eigenvalue weighted by Crippen LogP contribution is 2.27. The van der Waals surface area contributed by atoms with Crippen molar-refractivity contribution in [1.82, 2.24) is 9.62 Å². The molecule has 0 amide bonds. The minimum atomic E-state index is -3.52. The van der Waals surface area contributed by atoms with Gasteiger partial charge in [0.2, 0.25) is 10.0 Å². The van der Waals surface area contributed by atoms with E-state index in [1.807, 2.05) is 0 Å². The van der Waals surface area contributed by atoms with Gasteiger partial charge in [0.1, 0.15) is 5.37 Å². The van der Waals surface area contributed by atoms with Gasteiger partial charge in [-0.25, -0.2) is 16.8 Å². The Hall–Kier alpha value is 0.170. The molecule has 0 radical (unpaired) electrons. The van der Waals surface area contributed by atoms with Gasteiger partial charge in [-0.2, -0.15) is 16.1 Å². The van der Waals surface area contributed by atoms with Gasteiger partial charge in [0.05, 0.1) is 5.25 Å². The van der Waals surface area contributed by atoms with Crippen molar-refractivity contribution in [3.8, 4) is 0 Å². The van der Waals surface area contributed by atoms with Crippen LogP contribution in [0.5, 0.6) is 0 Å². The Kier molecular flexibility index (Phi) is 4.82. The van der Waals surface area contributed by atoms with Gasteiger partial charge >= 0.3 is 0 Å². The number of sulfonamides is 1. The number of hydrogen-bond donors (Lipinski definition) is 1. The number of hydrogen-bond acceptors (Lipinski definition) is 6. The van der Waals surface area contributed by atoms with Crippen LogP contribution in [-0.2, 0) is 19.9 Å². The monoisotopic (exact) mass is 328 g/mol. The summed E-state index contributed by atoms with van der Waals surface area (Å²) in [5, 5.41) is 1.79. The largest absolute Gasteiger partial charge is 0.317 e. The standard InChI is InChI=1S/C10H20N2O4S3/c1-18(13,14)10-8-17-7-6-12(10)19(15,16)9-2-4-11-5-3-9/h9-11H,2-8H2,1H3. The molecule has 1 unspecified atom stereocenters. The van der Waals surface area contributed by atoms with E-state index in [0.29, 0.717) is 44.0 Å². The molecule has 6 nitrogen and oxygen atoms in total. The predicted octanol–water partition coefficient (Wildman–Crippen LogP) is -0.512. The molecule has 0 aliphatic carbocycles. The zero-order chi connectivity index (χ0) is 14.1. The van der Waals surface area contributed by atoms with Gasteiger partial charge in [0.25, 0.3) is 0 Å². The van der Waals surface area contributed by atoms with E-state index >= 15 is 0 Å². The van der Waals surface area contributed by atoms with E-state index in [9.17, 15) is 16.8 Å². The van der Waals surface area contributed by atoms with Gasteiger partial charge in [-0.3, -0.25) is 0 Å². The van der Waals surface area contributed by atoms with E-state index in [0.717, 1.165) is 6.26 Å². The first-order chi connectivity index (χ1) is 8.83. The molecule has 0 aromatic rings. The first-order valence-corrected chi connectivity index (χ1v) is 10.9. The van der Waals surface area contributed by atoms with Crippen LogP contribution in [0.25, 0.3) is 0 Å². The number of sulfone groups is 1. The number of thioether (sulfide) groups is 1. The van der Waals surface area contributed by atoms with Crippen molar-refractivity contribution in [3.63, 3.8) is 0 Å². The van der Waals surface area contributed by atoms with Crippen LogP contribution in [0.2, 0.25) is 0 Å². The van der Waals surface area contributed by atoms with Gasteiger partial charge in [-0.15, -0.1) is 0 Å². The fourth-order valence-electron chi connectivity index (χ4n) is 2.48. The molecule has 112 valence electrons. The van der Waals surface area contributed by atoms with Crippen LogP contribution in [0.4, 0.5) is 0 Å². The maximum absolute atomic E-state index is 12.6. The minimum absolute atomic E-state index is 0.300. The summed E-state index contributed by atoms with van der Waals surface area (Å²) >= 11 is 1.50. The number of nitrogens with zero attached hydrogens (tertiary/aromatic N) is 1. The molecular formula is C10H20N2O4S3. The number of nitrogens with one attached hydrogen (secondary N) is 1. The molecule has 19 heavy (non-hydrogen) atoms. The van der Waals surface area contributed by atoms with Crippen LogP contribution in [0.3, 0.4) is 0 Å². The summed E-state index contributed by atoms with van der Waals surface area (Å²) in [5.41, 5.74) is 0. The molecule has 0 bridgehead atoms. The lowest BCUT2D eigenvalue weighted by atomic mass is 10.2. The third-order valence-corrected chi connectivity index (χ3v) is 8.75. The zero-order valence-electron chi connectivity index (χ0n) is 10.9. The maximum Gasteiger partial charge on any atom is 0.218 e. The number of piperidine rings is 1. The highest BCUT2D eigenvalue weighted by Gasteiger charge is 2.42. The Morgan fingerprint density at radius 2 is 1.79 bits per heavy atom. The fraction of sp³-hybridized carbons (Fsp3) is 1.00. The van der Waals surface area contributed by atoms with E-state index < -0.39 is 30.5 Å². The van der Waals surface area contributed by atoms with Crippen LogP contribution >= 0.6 is 11.8 Å². The summed E-state index contributed by atoms with van der Waals surface area (Å²) in [6.45, 7) is 1.65. The van der Waals surface area contributed by atoms with Crippen molar-refractivity contribution in [2.75, 3.05) is 37.4 Å². The molecule has 2 rings (SSSR count). The quantitative estimate of drug-likeness (QED) is 0.751. The smallest absolute Gasteiger partial charge is 0.218 e. The third kappa shape index (κ3) is 3.44. The van der Waals surface area contributed by atoms with Crippen LogP contribution in [0.1, 0.15) is 12.8 Å². The summed E-state index contributed by atoms with van der Waals surface area (Å²) in [5.74, 6) is 0.999. The Morgan fingerprint density at radius 3 is 2.37 bits per heavy atom. The molecule has 2 saturated heterocycles. The lowest BCUT2D eigenvalue weighted by Gasteiger charge is -2.36. The molecule has 2 fully saturated rings. The molecule has 1 N–H and O–H groups in total. The summed E-state index contributed by atoms with van der Waals surface area (Å²) in [4.78, 5) is 0. The molecule has 2 aliphatic heterocycles. The first-order valence-electron chi connectivity index (χ1n) is 6.31. The van der Waals surface area contributed by atoms with Gasteiger partial charge in [0.15, 0.2) is 9.84 Å². The van der Waals surface area contributed by atoms with Gasteiger partial charge in [-0.1, -0.05) is 0 Å². The van der Waals surface area contributed by atoms with Gasteiger partial charge in [0, 0.05) is 24.3 Å². The lowest BCUT2D eigenvalue weighted by Crippen LogP contribution is -2.54. The molecule has 0 spiro atoms. The average Bonchev–Trinajstić information content (AvgIpc) is 2.39. The molecule has 1 atom stereocenters. The highest BCUT2D eigenvalue weighted by molar-refractivity contribution is 8.01. The van der Waals surface area contributed by atoms with E-state index in [1.165, 1.54) is 16.1 Å². The van der Waals surface area contributed by atoms with Crippen molar-refractivity contribution in [2.24, 2.45) is 0 Å². The normalized spacial score (nSPS) is 28.4. The SMILES string of the molecule is CS(=O)(=O)C1CSCCN1S(=O)(=O)C1CCNCC1. The van der Waals surface area contributed by atoms with Crippen molar-refractivity contribution in [3.05, 3.63) is 0 Å². The second-order valence-electron chi connectivity index (χ2n) is 4.96. The average molecular weight is 328 g/mol. The molecule has 0 aromatic carbocycles. The molecule has 0 saturated carbocycles. The summed E-state index contributed by atoms with van der Waals surface area (Å²) in [6, 6.07) is 0. The highest BCUT2D eigenvalue weighted by atomic mass is 32.2. The molecular weight excluding hydrogens is 308 g/mol. The van der Waals surface area contributed by atoms with Crippen LogP contribution in [0.15, 0.2) is 0 Å². The maximum atomic E-state index is 12.6. The minimum Gasteiger partial charge on any atom is -0.317 e. The Labute approximate surface area is 119 Å². The number of rotatable bonds is 3. The topological polar surface area (TPSA) is 83.6 Å². The van der Waals surface area contributed by atoms with Crippen molar-refractivity contribution in [1.29, 1.82) is 0 Å². The Morgan fingerprint density at radius 1 is 1.16 bits per heavy atom. The second kappa shape index (κ2) is 5.88.